The van der Waals surface area contributed by atoms with Gasteiger partial charge in [0.1, 0.15) is 5.69 Å². The van der Waals surface area contributed by atoms with Gasteiger partial charge in [-0.05, 0) is 36.8 Å². The molecular formula is C17H15ClN2O. The number of para-hydroxylation sites is 1. The number of carbonyl (C=O) groups is 1. The third-order valence-electron chi connectivity index (χ3n) is 3.66. The minimum absolute atomic E-state index is 0.131. The van der Waals surface area contributed by atoms with Crippen molar-refractivity contribution < 1.29 is 4.79 Å². The Kier molecular flexibility index (Phi) is 3.43. The molecule has 0 unspecified atom stereocenters. The lowest BCUT2D eigenvalue weighted by Crippen LogP contribution is -2.16. The van der Waals surface area contributed by atoms with Crippen LogP contribution in [-0.2, 0) is 7.05 Å². The average Bonchev–Trinajstić information content (AvgIpc) is 2.71. The van der Waals surface area contributed by atoms with Crippen LogP contribution in [0.1, 0.15) is 16.1 Å². The van der Waals surface area contributed by atoms with E-state index in [2.05, 4.69) is 5.32 Å². The molecule has 2 aromatic carbocycles. The van der Waals surface area contributed by atoms with Crippen LogP contribution in [0, 0.1) is 6.92 Å². The third kappa shape index (κ3) is 2.41. The van der Waals surface area contributed by atoms with Gasteiger partial charge in [0.25, 0.3) is 5.91 Å². The lowest BCUT2D eigenvalue weighted by Gasteiger charge is -2.08. The summed E-state index contributed by atoms with van der Waals surface area (Å²) in [7, 11) is 1.90. The molecule has 0 aliphatic heterocycles. The van der Waals surface area contributed by atoms with E-state index in [1.54, 1.807) is 12.1 Å². The van der Waals surface area contributed by atoms with Crippen molar-refractivity contribution in [2.45, 2.75) is 6.92 Å². The number of nitrogens with one attached hydrogen (secondary N) is 1. The highest BCUT2D eigenvalue weighted by molar-refractivity contribution is 6.31. The van der Waals surface area contributed by atoms with Crippen LogP contribution >= 0.6 is 11.6 Å². The summed E-state index contributed by atoms with van der Waals surface area (Å²) in [6.07, 6.45) is 0. The molecule has 0 saturated heterocycles. The molecule has 1 N–H and O–H groups in total. The Bertz CT molecular complexity index is 797. The van der Waals surface area contributed by atoms with Crippen LogP contribution in [0.15, 0.2) is 48.5 Å². The minimum Gasteiger partial charge on any atom is -0.339 e. The van der Waals surface area contributed by atoms with Crippen molar-refractivity contribution >= 4 is 34.1 Å². The van der Waals surface area contributed by atoms with Crippen LogP contribution in [0.25, 0.3) is 10.9 Å². The molecule has 0 radical (unpaired) electrons. The van der Waals surface area contributed by atoms with E-state index in [1.807, 2.05) is 54.9 Å². The SMILES string of the molecule is Cc1c(C(=O)Nc2cccc(Cl)c2)n(C)c2ccccc12. The molecule has 0 atom stereocenters. The van der Waals surface area contributed by atoms with Crippen LogP contribution in [0.4, 0.5) is 5.69 Å². The van der Waals surface area contributed by atoms with Gasteiger partial charge in [-0.15, -0.1) is 0 Å². The standard InChI is InChI=1S/C17H15ClN2O/c1-11-14-8-3-4-9-15(14)20(2)16(11)17(21)19-13-7-5-6-12(18)10-13/h3-10H,1-2H3,(H,19,21). The Morgan fingerprint density at radius 1 is 1.14 bits per heavy atom. The summed E-state index contributed by atoms with van der Waals surface area (Å²) >= 11 is 5.94. The maximum atomic E-state index is 12.6. The molecule has 3 rings (SSSR count). The largest absolute Gasteiger partial charge is 0.339 e. The highest BCUT2D eigenvalue weighted by Crippen LogP contribution is 2.25. The number of hydrogen-bond acceptors (Lipinski definition) is 1. The Morgan fingerprint density at radius 2 is 1.90 bits per heavy atom. The molecule has 4 heteroatoms. The number of rotatable bonds is 2. The molecule has 3 nitrogen and oxygen atoms in total. The molecule has 0 saturated carbocycles. The molecule has 3 aromatic rings. The van der Waals surface area contributed by atoms with Gasteiger partial charge in [0.15, 0.2) is 0 Å². The van der Waals surface area contributed by atoms with Gasteiger partial charge in [-0.1, -0.05) is 35.9 Å². The van der Waals surface area contributed by atoms with Gasteiger partial charge in [0.2, 0.25) is 0 Å². The maximum absolute atomic E-state index is 12.6. The van der Waals surface area contributed by atoms with Gasteiger partial charge in [0, 0.05) is 28.7 Å². The fourth-order valence-electron chi connectivity index (χ4n) is 2.66. The van der Waals surface area contributed by atoms with Crippen molar-refractivity contribution in [1.29, 1.82) is 0 Å². The van der Waals surface area contributed by atoms with Gasteiger partial charge in [-0.25, -0.2) is 0 Å². The van der Waals surface area contributed by atoms with E-state index in [-0.39, 0.29) is 5.91 Å². The second-order valence-corrected chi connectivity index (χ2v) is 5.45. The smallest absolute Gasteiger partial charge is 0.272 e. The van der Waals surface area contributed by atoms with Gasteiger partial charge >= 0.3 is 0 Å². The number of hydrogen-bond donors (Lipinski definition) is 1. The number of anilines is 1. The topological polar surface area (TPSA) is 34.0 Å². The van der Waals surface area contributed by atoms with Crippen LogP contribution in [0.3, 0.4) is 0 Å². The first-order valence-electron chi connectivity index (χ1n) is 6.69. The monoisotopic (exact) mass is 298 g/mol. The van der Waals surface area contributed by atoms with E-state index < -0.39 is 0 Å². The molecule has 106 valence electrons. The number of amides is 1. The van der Waals surface area contributed by atoms with E-state index in [4.69, 9.17) is 11.6 Å². The molecule has 1 aromatic heterocycles. The molecule has 1 amide bonds. The Hall–Kier alpha value is -2.26. The van der Waals surface area contributed by atoms with E-state index in [0.717, 1.165) is 16.5 Å². The second-order valence-electron chi connectivity index (χ2n) is 5.01. The predicted molar refractivity (Wildman–Crippen MR) is 87.1 cm³/mol. The fourth-order valence-corrected chi connectivity index (χ4v) is 2.85. The van der Waals surface area contributed by atoms with E-state index in [0.29, 0.717) is 16.4 Å². The van der Waals surface area contributed by atoms with E-state index >= 15 is 0 Å². The van der Waals surface area contributed by atoms with E-state index in [1.165, 1.54) is 0 Å². The van der Waals surface area contributed by atoms with Gasteiger partial charge in [-0.2, -0.15) is 0 Å². The first kappa shape index (κ1) is 13.7. The zero-order chi connectivity index (χ0) is 15.0. The number of carbonyl (C=O) groups excluding carboxylic acids is 1. The Morgan fingerprint density at radius 3 is 2.62 bits per heavy atom. The minimum atomic E-state index is -0.131. The summed E-state index contributed by atoms with van der Waals surface area (Å²) in [4.78, 5) is 12.6. The molecule has 0 spiro atoms. The lowest BCUT2D eigenvalue weighted by molar-refractivity contribution is 0.101. The molecular weight excluding hydrogens is 284 g/mol. The van der Waals surface area contributed by atoms with Crippen LogP contribution in [-0.4, -0.2) is 10.5 Å². The first-order valence-corrected chi connectivity index (χ1v) is 7.06. The number of halogens is 1. The number of aromatic nitrogens is 1. The molecule has 0 bridgehead atoms. The quantitative estimate of drug-likeness (QED) is 0.748. The van der Waals surface area contributed by atoms with Crippen LogP contribution in [0.2, 0.25) is 5.02 Å². The van der Waals surface area contributed by atoms with Crippen molar-refractivity contribution in [3.8, 4) is 0 Å². The Labute approximate surface area is 128 Å². The predicted octanol–water partition coefficient (Wildman–Crippen LogP) is 4.39. The first-order chi connectivity index (χ1) is 10.1. The summed E-state index contributed by atoms with van der Waals surface area (Å²) < 4.78 is 1.92. The molecule has 0 aliphatic carbocycles. The maximum Gasteiger partial charge on any atom is 0.272 e. The van der Waals surface area contributed by atoms with Crippen molar-refractivity contribution in [3.63, 3.8) is 0 Å². The summed E-state index contributed by atoms with van der Waals surface area (Å²) in [5, 5.41) is 4.59. The summed E-state index contributed by atoms with van der Waals surface area (Å²) in [6, 6.07) is 15.1. The zero-order valence-electron chi connectivity index (χ0n) is 11.9. The molecule has 0 fully saturated rings. The number of benzene rings is 2. The van der Waals surface area contributed by atoms with Gasteiger partial charge < -0.3 is 9.88 Å². The zero-order valence-corrected chi connectivity index (χ0v) is 12.6. The molecule has 0 aliphatic rings. The third-order valence-corrected chi connectivity index (χ3v) is 3.89. The van der Waals surface area contributed by atoms with Crippen molar-refractivity contribution in [2.24, 2.45) is 7.05 Å². The van der Waals surface area contributed by atoms with Crippen molar-refractivity contribution in [3.05, 3.63) is 64.8 Å². The van der Waals surface area contributed by atoms with E-state index in [9.17, 15) is 4.79 Å². The number of fused-ring (bicyclic) bond motifs is 1. The summed E-state index contributed by atoms with van der Waals surface area (Å²) in [6.45, 7) is 1.97. The average molecular weight is 299 g/mol. The highest BCUT2D eigenvalue weighted by Gasteiger charge is 2.18. The fraction of sp³-hybridized carbons (Fsp3) is 0.118. The summed E-state index contributed by atoms with van der Waals surface area (Å²) in [5.74, 6) is -0.131. The number of nitrogens with zero attached hydrogens (tertiary/aromatic N) is 1. The molecule has 21 heavy (non-hydrogen) atoms. The Balaban J connectivity index is 2.02. The van der Waals surface area contributed by atoms with Gasteiger partial charge in [-0.3, -0.25) is 4.79 Å². The summed E-state index contributed by atoms with van der Waals surface area (Å²) in [5.41, 5.74) is 3.38. The van der Waals surface area contributed by atoms with Crippen LogP contribution < -0.4 is 5.32 Å². The van der Waals surface area contributed by atoms with Crippen molar-refractivity contribution in [1.82, 2.24) is 4.57 Å². The second kappa shape index (κ2) is 5.26. The normalized spacial score (nSPS) is 10.8. The molecule has 1 heterocycles. The van der Waals surface area contributed by atoms with Gasteiger partial charge in [0.05, 0.1) is 0 Å². The van der Waals surface area contributed by atoms with Crippen molar-refractivity contribution in [2.75, 3.05) is 5.32 Å². The number of aryl methyl sites for hydroxylation is 2. The lowest BCUT2D eigenvalue weighted by atomic mass is 10.1. The van der Waals surface area contributed by atoms with Crippen LogP contribution in [0.5, 0.6) is 0 Å². The highest BCUT2D eigenvalue weighted by atomic mass is 35.5.